The van der Waals surface area contributed by atoms with E-state index in [2.05, 4.69) is 23.4 Å². The third-order valence-electron chi connectivity index (χ3n) is 3.33. The molecule has 78 valence electrons. The fraction of sp³-hybridized carbons (Fsp3) is 0.727. The van der Waals surface area contributed by atoms with E-state index in [1.165, 1.54) is 12.8 Å². The van der Waals surface area contributed by atoms with Crippen LogP contribution in [0.3, 0.4) is 0 Å². The van der Waals surface area contributed by atoms with Crippen molar-refractivity contribution in [1.82, 2.24) is 9.55 Å². The Bertz CT molecular complexity index is 321. The molecule has 1 fully saturated rings. The van der Waals surface area contributed by atoms with Crippen LogP contribution in [-0.2, 0) is 5.54 Å². The monoisotopic (exact) mass is 193 g/mol. The van der Waals surface area contributed by atoms with Gasteiger partial charge in [-0.3, -0.25) is 0 Å². The summed E-state index contributed by atoms with van der Waals surface area (Å²) in [5.74, 6) is 0.800. The lowest BCUT2D eigenvalue weighted by Gasteiger charge is -2.29. The Labute approximate surface area is 85.3 Å². The summed E-state index contributed by atoms with van der Waals surface area (Å²) < 4.78 is 2.25. The number of hydrogen-bond donors (Lipinski definition) is 1. The van der Waals surface area contributed by atoms with Gasteiger partial charge in [0.15, 0.2) is 0 Å². The highest BCUT2D eigenvalue weighted by atomic mass is 15.1. The zero-order valence-corrected chi connectivity index (χ0v) is 9.20. The number of hydrogen-bond acceptors (Lipinski definition) is 2. The summed E-state index contributed by atoms with van der Waals surface area (Å²) >= 11 is 0. The highest BCUT2D eigenvalue weighted by Gasteiger charge is 2.40. The molecule has 1 aliphatic carbocycles. The summed E-state index contributed by atoms with van der Waals surface area (Å²) in [6.45, 7) is 6.56. The van der Waals surface area contributed by atoms with Crippen LogP contribution in [0.2, 0.25) is 0 Å². The van der Waals surface area contributed by atoms with E-state index in [-0.39, 0.29) is 11.6 Å². The minimum absolute atomic E-state index is 0.0653. The summed E-state index contributed by atoms with van der Waals surface area (Å²) in [7, 11) is 0. The van der Waals surface area contributed by atoms with Gasteiger partial charge in [0.2, 0.25) is 0 Å². The number of nitrogens with zero attached hydrogens (tertiary/aromatic N) is 2. The first kappa shape index (κ1) is 9.71. The normalized spacial score (nSPS) is 19.7. The van der Waals surface area contributed by atoms with E-state index in [0.29, 0.717) is 0 Å². The van der Waals surface area contributed by atoms with Gasteiger partial charge in [-0.1, -0.05) is 0 Å². The van der Waals surface area contributed by atoms with Crippen LogP contribution in [0.25, 0.3) is 0 Å². The molecule has 0 amide bonds. The van der Waals surface area contributed by atoms with Crippen LogP contribution in [0.1, 0.15) is 45.3 Å². The minimum Gasteiger partial charge on any atom is -0.327 e. The lowest BCUT2D eigenvalue weighted by atomic mass is 9.97. The van der Waals surface area contributed by atoms with Crippen molar-refractivity contribution in [3.8, 4) is 0 Å². The molecule has 1 saturated carbocycles. The van der Waals surface area contributed by atoms with Gasteiger partial charge >= 0.3 is 0 Å². The standard InChI is InChI=1S/C11H19N3/c1-8(12)10-6-13-7-14(10)11(2,3)9-4-5-9/h6-9H,4-5,12H2,1-3H3/t8-/m0/s1. The summed E-state index contributed by atoms with van der Waals surface area (Å²) in [5.41, 5.74) is 7.24. The maximum absolute atomic E-state index is 5.92. The van der Waals surface area contributed by atoms with Crippen LogP contribution in [0, 0.1) is 5.92 Å². The van der Waals surface area contributed by atoms with Gasteiger partial charge in [-0.05, 0) is 39.5 Å². The molecule has 1 atom stereocenters. The Morgan fingerprint density at radius 1 is 1.57 bits per heavy atom. The third kappa shape index (κ3) is 1.46. The third-order valence-corrected chi connectivity index (χ3v) is 3.33. The number of rotatable bonds is 3. The predicted octanol–water partition coefficient (Wildman–Crippen LogP) is 2.05. The van der Waals surface area contributed by atoms with Crippen molar-refractivity contribution in [3.63, 3.8) is 0 Å². The van der Waals surface area contributed by atoms with Crippen molar-refractivity contribution >= 4 is 0 Å². The van der Waals surface area contributed by atoms with E-state index < -0.39 is 0 Å². The van der Waals surface area contributed by atoms with E-state index in [4.69, 9.17) is 5.73 Å². The smallest absolute Gasteiger partial charge is 0.0953 e. The molecule has 0 unspecified atom stereocenters. The highest BCUT2D eigenvalue weighted by Crippen LogP contribution is 2.44. The van der Waals surface area contributed by atoms with Crippen molar-refractivity contribution in [2.45, 2.75) is 45.2 Å². The van der Waals surface area contributed by atoms with Crippen LogP contribution in [-0.4, -0.2) is 9.55 Å². The van der Waals surface area contributed by atoms with Gasteiger partial charge in [0, 0.05) is 17.8 Å². The lowest BCUT2D eigenvalue weighted by molar-refractivity contribution is 0.292. The Balaban J connectivity index is 2.34. The van der Waals surface area contributed by atoms with Crippen LogP contribution < -0.4 is 5.73 Å². The van der Waals surface area contributed by atoms with Crippen LogP contribution in [0.5, 0.6) is 0 Å². The van der Waals surface area contributed by atoms with E-state index in [1.807, 2.05) is 19.4 Å². The zero-order chi connectivity index (χ0) is 10.3. The predicted molar refractivity (Wildman–Crippen MR) is 56.9 cm³/mol. The Morgan fingerprint density at radius 2 is 2.21 bits per heavy atom. The Kier molecular flexibility index (Phi) is 2.14. The highest BCUT2D eigenvalue weighted by molar-refractivity contribution is 5.09. The molecule has 3 nitrogen and oxygen atoms in total. The van der Waals surface area contributed by atoms with Gasteiger partial charge in [-0.15, -0.1) is 0 Å². The summed E-state index contributed by atoms with van der Waals surface area (Å²) in [4.78, 5) is 4.20. The maximum Gasteiger partial charge on any atom is 0.0953 e. The molecule has 0 spiro atoms. The van der Waals surface area contributed by atoms with Gasteiger partial charge in [0.1, 0.15) is 0 Å². The molecule has 14 heavy (non-hydrogen) atoms. The van der Waals surface area contributed by atoms with Crippen LogP contribution >= 0.6 is 0 Å². The van der Waals surface area contributed by atoms with Gasteiger partial charge in [-0.25, -0.2) is 4.98 Å². The van der Waals surface area contributed by atoms with Crippen molar-refractivity contribution in [2.24, 2.45) is 11.7 Å². The first-order valence-electron chi connectivity index (χ1n) is 5.32. The maximum atomic E-state index is 5.92. The van der Waals surface area contributed by atoms with Crippen molar-refractivity contribution in [1.29, 1.82) is 0 Å². The Morgan fingerprint density at radius 3 is 2.71 bits per heavy atom. The second-order valence-electron chi connectivity index (χ2n) is 4.91. The number of aromatic nitrogens is 2. The molecular formula is C11H19N3. The van der Waals surface area contributed by atoms with E-state index in [1.54, 1.807) is 0 Å². The molecule has 0 bridgehead atoms. The quantitative estimate of drug-likeness (QED) is 0.798. The molecule has 2 rings (SSSR count). The van der Waals surface area contributed by atoms with E-state index in [9.17, 15) is 0 Å². The minimum atomic E-state index is 0.0653. The van der Waals surface area contributed by atoms with Crippen molar-refractivity contribution < 1.29 is 0 Å². The molecule has 1 heterocycles. The molecule has 1 aromatic heterocycles. The van der Waals surface area contributed by atoms with Crippen LogP contribution in [0.4, 0.5) is 0 Å². The largest absolute Gasteiger partial charge is 0.327 e. The van der Waals surface area contributed by atoms with Crippen molar-refractivity contribution in [2.75, 3.05) is 0 Å². The molecule has 0 radical (unpaired) electrons. The average Bonchev–Trinajstić information content (AvgIpc) is 2.82. The molecule has 3 heteroatoms. The fourth-order valence-electron chi connectivity index (χ4n) is 2.11. The molecule has 0 aliphatic heterocycles. The second kappa shape index (κ2) is 3.09. The van der Waals surface area contributed by atoms with Gasteiger partial charge in [0.25, 0.3) is 0 Å². The zero-order valence-electron chi connectivity index (χ0n) is 9.20. The van der Waals surface area contributed by atoms with Gasteiger partial charge in [-0.2, -0.15) is 0 Å². The first-order valence-corrected chi connectivity index (χ1v) is 5.32. The summed E-state index contributed by atoms with van der Waals surface area (Å²) in [5, 5.41) is 0. The number of imidazole rings is 1. The van der Waals surface area contributed by atoms with E-state index >= 15 is 0 Å². The molecule has 1 aliphatic rings. The van der Waals surface area contributed by atoms with Gasteiger partial charge in [0.05, 0.1) is 12.0 Å². The van der Waals surface area contributed by atoms with E-state index in [0.717, 1.165) is 11.6 Å². The molecule has 1 aromatic rings. The topological polar surface area (TPSA) is 43.8 Å². The van der Waals surface area contributed by atoms with Crippen LogP contribution in [0.15, 0.2) is 12.5 Å². The Hall–Kier alpha value is -0.830. The summed E-state index contributed by atoms with van der Waals surface area (Å²) in [6, 6.07) is 0.0653. The first-order chi connectivity index (χ1) is 6.53. The lowest BCUT2D eigenvalue weighted by Crippen LogP contribution is -2.31. The average molecular weight is 193 g/mol. The SMILES string of the molecule is C[C@H](N)c1cncn1C(C)(C)C1CC1. The van der Waals surface area contributed by atoms with Crippen molar-refractivity contribution in [3.05, 3.63) is 18.2 Å². The molecule has 2 N–H and O–H groups in total. The van der Waals surface area contributed by atoms with Gasteiger partial charge < -0.3 is 10.3 Å². The second-order valence-corrected chi connectivity index (χ2v) is 4.91. The summed E-state index contributed by atoms with van der Waals surface area (Å²) in [6.07, 6.45) is 6.47. The molecule has 0 saturated heterocycles. The molecular weight excluding hydrogens is 174 g/mol. The fourth-order valence-corrected chi connectivity index (χ4v) is 2.11. The molecule has 0 aromatic carbocycles. The number of nitrogens with two attached hydrogens (primary N) is 1.